The number of benzene rings is 2. The van der Waals surface area contributed by atoms with Gasteiger partial charge in [-0.05, 0) is 36.4 Å². The maximum Gasteiger partial charge on any atom is 0.342 e. The van der Waals surface area contributed by atoms with Gasteiger partial charge in [-0.2, -0.15) is 0 Å². The highest BCUT2D eigenvalue weighted by molar-refractivity contribution is 7.88. The van der Waals surface area contributed by atoms with Crippen molar-refractivity contribution in [1.82, 2.24) is 4.31 Å². The summed E-state index contributed by atoms with van der Waals surface area (Å²) in [6, 6.07) is 14.4. The van der Waals surface area contributed by atoms with Crippen LogP contribution in [0.5, 0.6) is 5.75 Å². The van der Waals surface area contributed by atoms with E-state index >= 15 is 0 Å². The molecule has 1 aromatic heterocycles. The molecule has 1 amide bonds. The minimum Gasteiger partial charge on any atom is -0.483 e. The van der Waals surface area contributed by atoms with Crippen LogP contribution in [0.3, 0.4) is 0 Å². The molecule has 0 saturated heterocycles. The molecule has 0 bridgehead atoms. The summed E-state index contributed by atoms with van der Waals surface area (Å²) in [6.07, 6.45) is 0. The van der Waals surface area contributed by atoms with Crippen LogP contribution in [0.4, 0.5) is 10.1 Å². The van der Waals surface area contributed by atoms with Gasteiger partial charge >= 0.3 is 5.97 Å². The third kappa shape index (κ3) is 5.96. The standard InChI is InChI=1S/C22H21FN2O7S/c1-25(2)33(28,29)21-12-11-15(32-21)13-31-22(27)16-7-3-6-10-19(16)30-14-20(26)24-18-9-5-4-8-17(18)23/h3-12H,13-14H2,1-2H3,(H,24,26). The second kappa shape index (κ2) is 10.3. The molecule has 0 aliphatic carbocycles. The Kier molecular flexibility index (Phi) is 7.46. The summed E-state index contributed by atoms with van der Waals surface area (Å²) < 4.78 is 54.6. The van der Waals surface area contributed by atoms with Crippen LogP contribution < -0.4 is 10.1 Å². The van der Waals surface area contributed by atoms with E-state index < -0.39 is 34.3 Å². The molecule has 33 heavy (non-hydrogen) atoms. The van der Waals surface area contributed by atoms with E-state index in [2.05, 4.69) is 5.32 Å². The van der Waals surface area contributed by atoms with Gasteiger partial charge in [0.05, 0.1) is 5.69 Å². The zero-order valence-corrected chi connectivity index (χ0v) is 18.6. The molecule has 0 aliphatic rings. The van der Waals surface area contributed by atoms with Crippen LogP contribution in [-0.4, -0.2) is 45.3 Å². The Hall–Kier alpha value is -3.70. The molecule has 0 spiro atoms. The lowest BCUT2D eigenvalue weighted by atomic mass is 10.2. The molecule has 2 aromatic carbocycles. The van der Waals surface area contributed by atoms with Crippen molar-refractivity contribution in [3.05, 3.63) is 77.8 Å². The average Bonchev–Trinajstić information content (AvgIpc) is 3.28. The second-order valence-corrected chi connectivity index (χ2v) is 8.98. The average molecular weight is 476 g/mol. The van der Waals surface area contributed by atoms with E-state index in [4.69, 9.17) is 13.9 Å². The van der Waals surface area contributed by atoms with Gasteiger partial charge in [0.15, 0.2) is 6.61 Å². The summed E-state index contributed by atoms with van der Waals surface area (Å²) in [7, 11) is -1.02. The fourth-order valence-electron chi connectivity index (χ4n) is 2.62. The molecule has 3 rings (SSSR count). The van der Waals surface area contributed by atoms with Crippen molar-refractivity contribution in [2.24, 2.45) is 0 Å². The molecule has 0 atom stereocenters. The van der Waals surface area contributed by atoms with Gasteiger partial charge in [0.2, 0.25) is 5.09 Å². The van der Waals surface area contributed by atoms with Crippen LogP contribution in [0.25, 0.3) is 0 Å². The molecule has 9 nitrogen and oxygen atoms in total. The SMILES string of the molecule is CN(C)S(=O)(=O)c1ccc(COC(=O)c2ccccc2OCC(=O)Nc2ccccc2F)o1. The summed E-state index contributed by atoms with van der Waals surface area (Å²) in [5, 5.41) is 2.10. The van der Waals surface area contributed by atoms with Crippen molar-refractivity contribution in [2.45, 2.75) is 11.7 Å². The number of anilines is 1. The molecule has 0 radical (unpaired) electrons. The molecule has 0 saturated carbocycles. The van der Waals surface area contributed by atoms with Crippen LogP contribution in [0.1, 0.15) is 16.1 Å². The smallest absolute Gasteiger partial charge is 0.342 e. The van der Waals surface area contributed by atoms with Crippen LogP contribution in [0, 0.1) is 5.82 Å². The summed E-state index contributed by atoms with van der Waals surface area (Å²) in [6.45, 7) is -0.785. The maximum absolute atomic E-state index is 13.7. The highest BCUT2D eigenvalue weighted by Gasteiger charge is 2.22. The van der Waals surface area contributed by atoms with Crippen LogP contribution >= 0.6 is 0 Å². The summed E-state index contributed by atoms with van der Waals surface area (Å²) >= 11 is 0. The van der Waals surface area contributed by atoms with Crippen molar-refractivity contribution in [1.29, 1.82) is 0 Å². The monoisotopic (exact) mass is 476 g/mol. The third-order valence-corrected chi connectivity index (χ3v) is 6.02. The third-order valence-electron chi connectivity index (χ3n) is 4.33. The number of carbonyl (C=O) groups is 2. The first-order valence-electron chi connectivity index (χ1n) is 9.63. The number of nitrogens with zero attached hydrogens (tertiary/aromatic N) is 1. The topological polar surface area (TPSA) is 115 Å². The minimum atomic E-state index is -3.75. The Morgan fingerprint density at radius 1 is 1.03 bits per heavy atom. The Balaban J connectivity index is 1.60. The summed E-state index contributed by atoms with van der Waals surface area (Å²) in [5.41, 5.74) is 0.0526. The zero-order valence-electron chi connectivity index (χ0n) is 17.8. The molecular weight excluding hydrogens is 455 g/mol. The molecule has 174 valence electrons. The number of para-hydroxylation sites is 2. The number of ether oxygens (including phenoxy) is 2. The van der Waals surface area contributed by atoms with E-state index in [1.54, 1.807) is 18.2 Å². The summed E-state index contributed by atoms with van der Waals surface area (Å²) in [4.78, 5) is 24.6. The number of amides is 1. The maximum atomic E-state index is 13.7. The molecule has 3 aromatic rings. The van der Waals surface area contributed by atoms with Gasteiger partial charge in [0.25, 0.3) is 15.9 Å². The van der Waals surface area contributed by atoms with Gasteiger partial charge < -0.3 is 19.2 Å². The number of nitrogens with one attached hydrogen (secondary N) is 1. The fourth-order valence-corrected chi connectivity index (χ4v) is 3.43. The van der Waals surface area contributed by atoms with Crippen molar-refractivity contribution >= 4 is 27.6 Å². The normalized spacial score (nSPS) is 11.3. The van der Waals surface area contributed by atoms with E-state index in [1.807, 2.05) is 0 Å². The molecular formula is C22H21FN2O7S. The van der Waals surface area contributed by atoms with Gasteiger partial charge in [-0.25, -0.2) is 21.9 Å². The molecule has 1 N–H and O–H groups in total. The van der Waals surface area contributed by atoms with Gasteiger partial charge in [-0.15, -0.1) is 0 Å². The highest BCUT2D eigenvalue weighted by Crippen LogP contribution is 2.21. The van der Waals surface area contributed by atoms with Crippen molar-refractivity contribution in [3.63, 3.8) is 0 Å². The minimum absolute atomic E-state index is 0.00731. The first-order chi connectivity index (χ1) is 15.7. The highest BCUT2D eigenvalue weighted by atomic mass is 32.2. The predicted molar refractivity (Wildman–Crippen MR) is 116 cm³/mol. The van der Waals surface area contributed by atoms with Crippen LogP contribution in [-0.2, 0) is 26.2 Å². The Morgan fingerprint density at radius 3 is 2.45 bits per heavy atom. The number of sulfonamides is 1. The van der Waals surface area contributed by atoms with E-state index in [0.29, 0.717) is 0 Å². The first-order valence-corrected chi connectivity index (χ1v) is 11.1. The zero-order chi connectivity index (χ0) is 24.0. The van der Waals surface area contributed by atoms with Gasteiger partial charge in [-0.1, -0.05) is 24.3 Å². The van der Waals surface area contributed by atoms with Gasteiger partial charge in [-0.3, -0.25) is 4.79 Å². The number of furan rings is 1. The van der Waals surface area contributed by atoms with Crippen molar-refractivity contribution in [2.75, 3.05) is 26.0 Å². The Labute approximate surface area is 189 Å². The molecule has 0 aliphatic heterocycles. The number of hydrogen-bond donors (Lipinski definition) is 1. The number of esters is 1. The number of halogens is 1. The lowest BCUT2D eigenvalue weighted by molar-refractivity contribution is -0.118. The van der Waals surface area contributed by atoms with Crippen LogP contribution in [0.2, 0.25) is 0 Å². The summed E-state index contributed by atoms with van der Waals surface area (Å²) in [5.74, 6) is -1.76. The lowest BCUT2D eigenvalue weighted by Gasteiger charge is -2.11. The molecule has 0 fully saturated rings. The van der Waals surface area contributed by atoms with Gasteiger partial charge in [0, 0.05) is 14.1 Å². The second-order valence-electron chi connectivity index (χ2n) is 6.90. The van der Waals surface area contributed by atoms with E-state index in [9.17, 15) is 22.4 Å². The molecule has 11 heteroatoms. The van der Waals surface area contributed by atoms with E-state index in [1.165, 1.54) is 56.6 Å². The predicted octanol–water partition coefficient (Wildman–Crippen LogP) is 3.04. The fraction of sp³-hybridized carbons (Fsp3) is 0.182. The Morgan fingerprint density at radius 2 is 1.73 bits per heavy atom. The van der Waals surface area contributed by atoms with Gasteiger partial charge in [0.1, 0.15) is 29.5 Å². The Bertz CT molecular complexity index is 1250. The van der Waals surface area contributed by atoms with E-state index in [-0.39, 0.29) is 34.5 Å². The van der Waals surface area contributed by atoms with Crippen molar-refractivity contribution in [3.8, 4) is 5.75 Å². The molecule has 0 unspecified atom stereocenters. The van der Waals surface area contributed by atoms with E-state index in [0.717, 1.165) is 4.31 Å². The number of hydrogen-bond acceptors (Lipinski definition) is 7. The lowest BCUT2D eigenvalue weighted by Crippen LogP contribution is -2.21. The number of rotatable bonds is 9. The molecule has 1 heterocycles. The first kappa shape index (κ1) is 24.0. The quantitative estimate of drug-likeness (QED) is 0.472. The van der Waals surface area contributed by atoms with Crippen molar-refractivity contribution < 1.29 is 36.3 Å². The number of carbonyl (C=O) groups excluding carboxylic acids is 2. The largest absolute Gasteiger partial charge is 0.483 e. The van der Waals surface area contributed by atoms with Crippen LogP contribution in [0.15, 0.2) is 70.2 Å².